The van der Waals surface area contributed by atoms with Crippen LogP contribution >= 0.6 is 11.6 Å². The lowest BCUT2D eigenvalue weighted by Crippen LogP contribution is -2.09. The summed E-state index contributed by atoms with van der Waals surface area (Å²) in [6, 6.07) is 4.16. The maximum absolute atomic E-state index is 6.19. The summed E-state index contributed by atoms with van der Waals surface area (Å²) in [5, 5.41) is 4.12. The van der Waals surface area contributed by atoms with Gasteiger partial charge < -0.3 is 10.1 Å². The zero-order valence-electron chi connectivity index (χ0n) is 9.85. The van der Waals surface area contributed by atoms with Crippen molar-refractivity contribution in [1.82, 2.24) is 5.32 Å². The van der Waals surface area contributed by atoms with Gasteiger partial charge in [0, 0.05) is 6.54 Å². The van der Waals surface area contributed by atoms with E-state index in [9.17, 15) is 0 Å². The number of aryl methyl sites for hydroxylation is 1. The number of hydrogen-bond donors (Lipinski definition) is 1. The summed E-state index contributed by atoms with van der Waals surface area (Å²) in [6.07, 6.45) is 2.23. The summed E-state index contributed by atoms with van der Waals surface area (Å²) < 4.78 is 5.26. The highest BCUT2D eigenvalue weighted by atomic mass is 35.5. The minimum absolute atomic E-state index is 0.610. The number of benzene rings is 1. The quantitative estimate of drug-likeness (QED) is 0.876. The van der Waals surface area contributed by atoms with Crippen LogP contribution in [0.1, 0.15) is 30.4 Å². The summed E-state index contributed by atoms with van der Waals surface area (Å²) in [6.45, 7) is 4.35. The lowest BCUT2D eigenvalue weighted by molar-refractivity contribution is 0.414. The smallest absolute Gasteiger partial charge is 0.137 e. The van der Waals surface area contributed by atoms with Crippen LogP contribution in [0.15, 0.2) is 12.1 Å². The third-order valence-corrected chi connectivity index (χ3v) is 3.59. The Bertz CT molecular complexity index is 372. The molecule has 1 aliphatic rings. The van der Waals surface area contributed by atoms with E-state index < -0.39 is 0 Å². The minimum Gasteiger partial charge on any atom is -0.495 e. The fraction of sp³-hybridized carbons (Fsp3) is 0.538. The second kappa shape index (κ2) is 5.07. The van der Waals surface area contributed by atoms with Crippen molar-refractivity contribution < 1.29 is 4.74 Å². The van der Waals surface area contributed by atoms with E-state index in [0.29, 0.717) is 5.92 Å². The van der Waals surface area contributed by atoms with Crippen LogP contribution in [0.3, 0.4) is 0 Å². The van der Waals surface area contributed by atoms with Gasteiger partial charge in [-0.3, -0.25) is 0 Å². The molecule has 1 heterocycles. The molecule has 0 amide bonds. The van der Waals surface area contributed by atoms with Gasteiger partial charge in [-0.2, -0.15) is 0 Å². The molecular weight excluding hydrogens is 222 g/mol. The summed E-state index contributed by atoms with van der Waals surface area (Å²) in [5.41, 5.74) is 2.74. The minimum atomic E-state index is 0.610. The van der Waals surface area contributed by atoms with Gasteiger partial charge in [-0.05, 0) is 48.6 Å². The van der Waals surface area contributed by atoms with E-state index in [1.54, 1.807) is 7.11 Å². The number of ether oxygens (including phenoxy) is 1. The third kappa shape index (κ3) is 2.18. The number of hydrogen-bond acceptors (Lipinski definition) is 2. The SMILES string of the molecule is CCc1cc(OC)c(Cl)cc1C1CCNC1. The van der Waals surface area contributed by atoms with Gasteiger partial charge in [-0.1, -0.05) is 18.5 Å². The van der Waals surface area contributed by atoms with Gasteiger partial charge in [0.25, 0.3) is 0 Å². The summed E-state index contributed by atoms with van der Waals surface area (Å²) >= 11 is 6.19. The Hall–Kier alpha value is -0.730. The van der Waals surface area contributed by atoms with Crippen LogP contribution < -0.4 is 10.1 Å². The monoisotopic (exact) mass is 239 g/mol. The van der Waals surface area contributed by atoms with Crippen molar-refractivity contribution in [3.05, 3.63) is 28.3 Å². The molecule has 0 bridgehead atoms. The summed E-state index contributed by atoms with van der Waals surface area (Å²) in [7, 11) is 1.66. The van der Waals surface area contributed by atoms with E-state index in [-0.39, 0.29) is 0 Å². The molecule has 1 aromatic rings. The molecule has 0 radical (unpaired) electrons. The molecule has 1 atom stereocenters. The molecule has 0 spiro atoms. The van der Waals surface area contributed by atoms with E-state index >= 15 is 0 Å². The first-order chi connectivity index (χ1) is 7.76. The van der Waals surface area contributed by atoms with Crippen molar-refractivity contribution in [1.29, 1.82) is 0 Å². The highest BCUT2D eigenvalue weighted by Crippen LogP contribution is 2.34. The number of nitrogens with one attached hydrogen (secondary N) is 1. The Labute approximate surface area is 102 Å². The van der Waals surface area contributed by atoms with Crippen LogP contribution in [0.25, 0.3) is 0 Å². The Kier molecular flexibility index (Phi) is 3.72. The molecule has 1 fully saturated rings. The van der Waals surface area contributed by atoms with Gasteiger partial charge in [0.2, 0.25) is 0 Å². The van der Waals surface area contributed by atoms with Gasteiger partial charge in [0.05, 0.1) is 12.1 Å². The average molecular weight is 240 g/mol. The van der Waals surface area contributed by atoms with E-state index in [1.165, 1.54) is 17.5 Å². The fourth-order valence-corrected chi connectivity index (χ4v) is 2.62. The normalized spacial score (nSPS) is 20.1. The molecule has 1 unspecified atom stereocenters. The second-order valence-electron chi connectivity index (χ2n) is 4.23. The molecule has 0 saturated carbocycles. The number of rotatable bonds is 3. The van der Waals surface area contributed by atoms with Crippen LogP contribution in [-0.4, -0.2) is 20.2 Å². The van der Waals surface area contributed by atoms with Crippen LogP contribution in [0.2, 0.25) is 5.02 Å². The Morgan fingerprint density at radius 2 is 2.31 bits per heavy atom. The molecule has 2 rings (SSSR count). The van der Waals surface area contributed by atoms with E-state index in [2.05, 4.69) is 24.4 Å². The van der Waals surface area contributed by atoms with Crippen molar-refractivity contribution in [2.45, 2.75) is 25.7 Å². The van der Waals surface area contributed by atoms with E-state index in [1.807, 2.05) is 0 Å². The largest absolute Gasteiger partial charge is 0.495 e. The number of halogens is 1. The molecule has 1 saturated heterocycles. The van der Waals surface area contributed by atoms with Crippen molar-refractivity contribution in [2.75, 3.05) is 20.2 Å². The Morgan fingerprint density at radius 1 is 1.50 bits per heavy atom. The second-order valence-corrected chi connectivity index (χ2v) is 4.64. The van der Waals surface area contributed by atoms with Gasteiger partial charge in [-0.25, -0.2) is 0 Å². The lowest BCUT2D eigenvalue weighted by atomic mass is 9.92. The molecule has 0 aromatic heterocycles. The number of methoxy groups -OCH3 is 1. The standard InChI is InChI=1S/C13H18ClNO/c1-3-9-6-13(16-2)12(14)7-11(9)10-4-5-15-8-10/h6-7,10,15H,3-5,8H2,1-2H3. The molecule has 0 aliphatic carbocycles. The molecule has 1 N–H and O–H groups in total. The van der Waals surface area contributed by atoms with Gasteiger partial charge in [0.15, 0.2) is 0 Å². The van der Waals surface area contributed by atoms with Gasteiger partial charge >= 0.3 is 0 Å². The fourth-order valence-electron chi connectivity index (χ4n) is 2.37. The summed E-state index contributed by atoms with van der Waals surface area (Å²) in [4.78, 5) is 0. The highest BCUT2D eigenvalue weighted by Gasteiger charge is 2.20. The first kappa shape index (κ1) is 11.7. The zero-order valence-corrected chi connectivity index (χ0v) is 10.6. The Balaban J connectivity index is 2.39. The maximum Gasteiger partial charge on any atom is 0.137 e. The van der Waals surface area contributed by atoms with Crippen molar-refractivity contribution >= 4 is 11.6 Å². The van der Waals surface area contributed by atoms with Crippen molar-refractivity contribution in [2.24, 2.45) is 0 Å². The molecule has 1 aromatic carbocycles. The molecule has 1 aliphatic heterocycles. The van der Waals surface area contributed by atoms with E-state index in [0.717, 1.165) is 30.3 Å². The lowest BCUT2D eigenvalue weighted by Gasteiger charge is -2.16. The van der Waals surface area contributed by atoms with Crippen LogP contribution in [-0.2, 0) is 6.42 Å². The van der Waals surface area contributed by atoms with Crippen LogP contribution in [0, 0.1) is 0 Å². The van der Waals surface area contributed by atoms with Gasteiger partial charge in [-0.15, -0.1) is 0 Å². The summed E-state index contributed by atoms with van der Waals surface area (Å²) in [5.74, 6) is 1.39. The van der Waals surface area contributed by atoms with Crippen LogP contribution in [0.4, 0.5) is 0 Å². The molecule has 2 nitrogen and oxygen atoms in total. The molecular formula is C13H18ClNO. The van der Waals surface area contributed by atoms with Crippen molar-refractivity contribution in [3.8, 4) is 5.75 Å². The first-order valence-electron chi connectivity index (χ1n) is 5.83. The maximum atomic E-state index is 6.19. The average Bonchev–Trinajstić information content (AvgIpc) is 2.82. The van der Waals surface area contributed by atoms with Crippen molar-refractivity contribution in [3.63, 3.8) is 0 Å². The predicted molar refractivity (Wildman–Crippen MR) is 67.6 cm³/mol. The molecule has 88 valence electrons. The van der Waals surface area contributed by atoms with E-state index in [4.69, 9.17) is 16.3 Å². The third-order valence-electron chi connectivity index (χ3n) is 3.29. The molecule has 16 heavy (non-hydrogen) atoms. The molecule has 3 heteroatoms. The van der Waals surface area contributed by atoms with Crippen LogP contribution in [0.5, 0.6) is 5.75 Å². The zero-order chi connectivity index (χ0) is 11.5. The van der Waals surface area contributed by atoms with Gasteiger partial charge in [0.1, 0.15) is 5.75 Å². The predicted octanol–water partition coefficient (Wildman–Crippen LogP) is 2.99. The first-order valence-corrected chi connectivity index (χ1v) is 6.21. The Morgan fingerprint density at radius 3 is 2.88 bits per heavy atom. The topological polar surface area (TPSA) is 21.3 Å². The highest BCUT2D eigenvalue weighted by molar-refractivity contribution is 6.32.